The van der Waals surface area contributed by atoms with Gasteiger partial charge in [-0.1, -0.05) is 70.2 Å². The van der Waals surface area contributed by atoms with Crippen molar-refractivity contribution in [2.45, 2.75) is 77.4 Å². The first kappa shape index (κ1) is 17.5. The largest absolute Gasteiger partial charge is 0.373 e. The van der Waals surface area contributed by atoms with E-state index in [1.165, 1.54) is 56.1 Å². The van der Waals surface area contributed by atoms with Crippen LogP contribution in [0.25, 0.3) is 0 Å². The van der Waals surface area contributed by atoms with Crippen molar-refractivity contribution in [3.63, 3.8) is 0 Å². The third kappa shape index (κ3) is 5.73. The van der Waals surface area contributed by atoms with Crippen molar-refractivity contribution in [2.75, 3.05) is 13.2 Å². The van der Waals surface area contributed by atoms with Crippen molar-refractivity contribution in [3.05, 3.63) is 35.4 Å². The van der Waals surface area contributed by atoms with Crippen LogP contribution in [0.5, 0.6) is 0 Å². The summed E-state index contributed by atoms with van der Waals surface area (Å²) in [7, 11) is 0. The van der Waals surface area contributed by atoms with Crippen molar-refractivity contribution in [1.29, 1.82) is 0 Å². The number of hydrogen-bond acceptors (Lipinski definition) is 2. The highest BCUT2D eigenvalue weighted by molar-refractivity contribution is 5.24. The van der Waals surface area contributed by atoms with Gasteiger partial charge in [-0.05, 0) is 30.4 Å². The van der Waals surface area contributed by atoms with Crippen molar-refractivity contribution >= 4 is 0 Å². The summed E-state index contributed by atoms with van der Waals surface area (Å²) in [5.74, 6) is 0. The molecule has 0 spiro atoms. The van der Waals surface area contributed by atoms with Crippen LogP contribution in [0.15, 0.2) is 24.3 Å². The predicted octanol–water partition coefficient (Wildman–Crippen LogP) is 5.46. The van der Waals surface area contributed by atoms with Gasteiger partial charge < -0.3 is 9.47 Å². The van der Waals surface area contributed by atoms with Crippen LogP contribution in [-0.2, 0) is 15.9 Å². The number of ether oxygens (including phenoxy) is 2. The van der Waals surface area contributed by atoms with Gasteiger partial charge in [-0.2, -0.15) is 0 Å². The Morgan fingerprint density at radius 2 is 1.64 bits per heavy atom. The maximum absolute atomic E-state index is 6.03. The Morgan fingerprint density at radius 3 is 2.27 bits per heavy atom. The lowest BCUT2D eigenvalue weighted by Gasteiger charge is -2.30. The molecule has 1 aliphatic heterocycles. The highest BCUT2D eigenvalue weighted by Crippen LogP contribution is 2.25. The average Bonchev–Trinajstić information content (AvgIpc) is 2.58. The third-order valence-corrected chi connectivity index (χ3v) is 4.52. The molecule has 0 radical (unpaired) electrons. The van der Waals surface area contributed by atoms with Gasteiger partial charge in [0.15, 0.2) is 0 Å². The fraction of sp³-hybridized carbons (Fsp3) is 0.700. The first-order valence-electron chi connectivity index (χ1n) is 9.15. The molecule has 2 rings (SSSR count). The molecule has 2 atom stereocenters. The molecule has 2 heteroatoms. The minimum absolute atomic E-state index is 0.118. The minimum Gasteiger partial charge on any atom is -0.373 e. The van der Waals surface area contributed by atoms with E-state index in [0.717, 1.165) is 13.0 Å². The van der Waals surface area contributed by atoms with Crippen LogP contribution in [0, 0.1) is 0 Å². The molecule has 0 unspecified atom stereocenters. The molecule has 1 aromatic rings. The fourth-order valence-electron chi connectivity index (χ4n) is 2.98. The maximum atomic E-state index is 6.03. The predicted molar refractivity (Wildman–Crippen MR) is 92.2 cm³/mol. The second kappa shape index (κ2) is 10.0. The zero-order chi connectivity index (χ0) is 15.6. The fourth-order valence-corrected chi connectivity index (χ4v) is 2.98. The molecule has 1 aromatic carbocycles. The molecule has 124 valence electrons. The monoisotopic (exact) mass is 304 g/mol. The molecule has 1 aliphatic rings. The summed E-state index contributed by atoms with van der Waals surface area (Å²) in [5.41, 5.74) is 2.68. The van der Waals surface area contributed by atoms with E-state index in [0.29, 0.717) is 12.7 Å². The zero-order valence-corrected chi connectivity index (χ0v) is 14.4. The van der Waals surface area contributed by atoms with Crippen LogP contribution in [0.3, 0.4) is 0 Å². The third-order valence-electron chi connectivity index (χ3n) is 4.52. The number of benzene rings is 1. The number of rotatable bonds is 9. The Morgan fingerprint density at radius 1 is 0.864 bits per heavy atom. The molecular weight excluding hydrogens is 272 g/mol. The Hall–Kier alpha value is -0.860. The quantitative estimate of drug-likeness (QED) is 0.564. The SMILES string of the molecule is CCCCCC[C@H]1CO[C@H](c2ccc(CCCC)cc2)CO1. The van der Waals surface area contributed by atoms with Gasteiger partial charge in [0.2, 0.25) is 0 Å². The Balaban J connectivity index is 1.72. The van der Waals surface area contributed by atoms with Gasteiger partial charge in [-0.25, -0.2) is 0 Å². The van der Waals surface area contributed by atoms with Gasteiger partial charge in [-0.15, -0.1) is 0 Å². The van der Waals surface area contributed by atoms with Crippen LogP contribution in [0.4, 0.5) is 0 Å². The van der Waals surface area contributed by atoms with Crippen molar-refractivity contribution in [1.82, 2.24) is 0 Å². The lowest BCUT2D eigenvalue weighted by Crippen LogP contribution is -2.31. The first-order valence-corrected chi connectivity index (χ1v) is 9.15. The normalized spacial score (nSPS) is 21.9. The first-order chi connectivity index (χ1) is 10.8. The highest BCUT2D eigenvalue weighted by Gasteiger charge is 2.23. The van der Waals surface area contributed by atoms with Crippen LogP contribution < -0.4 is 0 Å². The van der Waals surface area contributed by atoms with Crippen molar-refractivity contribution < 1.29 is 9.47 Å². The lowest BCUT2D eigenvalue weighted by atomic mass is 10.0. The van der Waals surface area contributed by atoms with Gasteiger partial charge >= 0.3 is 0 Å². The molecule has 0 aromatic heterocycles. The van der Waals surface area contributed by atoms with Crippen molar-refractivity contribution in [2.24, 2.45) is 0 Å². The molecule has 0 N–H and O–H groups in total. The number of aryl methyl sites for hydroxylation is 1. The van der Waals surface area contributed by atoms with Crippen LogP contribution in [0.2, 0.25) is 0 Å². The number of unbranched alkanes of at least 4 members (excludes halogenated alkanes) is 4. The molecule has 1 fully saturated rings. The molecule has 0 amide bonds. The summed E-state index contributed by atoms with van der Waals surface area (Å²) in [4.78, 5) is 0. The second-order valence-corrected chi connectivity index (χ2v) is 6.47. The van der Waals surface area contributed by atoms with E-state index in [4.69, 9.17) is 9.47 Å². The van der Waals surface area contributed by atoms with E-state index in [1.54, 1.807) is 0 Å². The van der Waals surface area contributed by atoms with Crippen LogP contribution >= 0.6 is 0 Å². The molecule has 0 aliphatic carbocycles. The highest BCUT2D eigenvalue weighted by atomic mass is 16.6. The summed E-state index contributed by atoms with van der Waals surface area (Å²) in [6, 6.07) is 8.90. The number of hydrogen-bond donors (Lipinski definition) is 0. The molecule has 1 heterocycles. The van der Waals surface area contributed by atoms with Crippen LogP contribution in [-0.4, -0.2) is 19.3 Å². The van der Waals surface area contributed by atoms with Gasteiger partial charge in [0.25, 0.3) is 0 Å². The van der Waals surface area contributed by atoms with Crippen molar-refractivity contribution in [3.8, 4) is 0 Å². The van der Waals surface area contributed by atoms with Gasteiger partial charge in [0, 0.05) is 0 Å². The van der Waals surface area contributed by atoms with Gasteiger partial charge in [-0.3, -0.25) is 0 Å². The van der Waals surface area contributed by atoms with E-state index in [2.05, 4.69) is 38.1 Å². The molecular formula is C20H32O2. The summed E-state index contributed by atoms with van der Waals surface area (Å²) in [6.45, 7) is 5.93. The summed E-state index contributed by atoms with van der Waals surface area (Å²) < 4.78 is 12.0. The average molecular weight is 304 g/mol. The lowest BCUT2D eigenvalue weighted by molar-refractivity contribution is -0.137. The Kier molecular flexibility index (Phi) is 7.96. The maximum Gasteiger partial charge on any atom is 0.106 e. The Bertz CT molecular complexity index is 391. The summed E-state index contributed by atoms with van der Waals surface area (Å²) in [5, 5.41) is 0. The van der Waals surface area contributed by atoms with Gasteiger partial charge in [0.1, 0.15) is 6.10 Å². The zero-order valence-electron chi connectivity index (χ0n) is 14.4. The van der Waals surface area contributed by atoms with E-state index in [-0.39, 0.29) is 6.10 Å². The Labute approximate surface area is 136 Å². The van der Waals surface area contributed by atoms with E-state index >= 15 is 0 Å². The van der Waals surface area contributed by atoms with Crippen LogP contribution in [0.1, 0.15) is 76.0 Å². The molecule has 2 nitrogen and oxygen atoms in total. The molecule has 0 bridgehead atoms. The van der Waals surface area contributed by atoms with E-state index < -0.39 is 0 Å². The van der Waals surface area contributed by atoms with Gasteiger partial charge in [0.05, 0.1) is 19.3 Å². The summed E-state index contributed by atoms with van der Waals surface area (Å²) >= 11 is 0. The minimum atomic E-state index is 0.118. The second-order valence-electron chi connectivity index (χ2n) is 6.47. The summed E-state index contributed by atoms with van der Waals surface area (Å²) in [6.07, 6.45) is 10.5. The molecule has 22 heavy (non-hydrogen) atoms. The molecule has 1 saturated heterocycles. The standard InChI is InChI=1S/C20H32O2/c1-3-5-7-8-10-19-15-22-20(16-21-19)18-13-11-17(12-14-18)9-6-4-2/h11-14,19-20H,3-10,15-16H2,1-2H3/t19-,20-/m0/s1. The van der Waals surface area contributed by atoms with E-state index in [1.807, 2.05) is 0 Å². The topological polar surface area (TPSA) is 18.5 Å². The van der Waals surface area contributed by atoms with E-state index in [9.17, 15) is 0 Å². The molecule has 0 saturated carbocycles. The smallest absolute Gasteiger partial charge is 0.106 e.